The Morgan fingerprint density at radius 1 is 1.15 bits per heavy atom. The molecule has 8 heteroatoms. The minimum Gasteiger partial charge on any atom is -0.338 e. The van der Waals surface area contributed by atoms with Crippen LogP contribution < -0.4 is 5.84 Å². The monoisotopic (exact) mass is 401 g/mol. The van der Waals surface area contributed by atoms with E-state index in [1.165, 1.54) is 16.4 Å². The predicted molar refractivity (Wildman–Crippen MR) is 109 cm³/mol. The molecule has 0 atom stereocenters. The third-order valence-corrected chi connectivity index (χ3v) is 5.22. The largest absolute Gasteiger partial charge is 0.338 e. The summed E-state index contributed by atoms with van der Waals surface area (Å²) in [5, 5.41) is 9.36. The average molecular weight is 402 g/mol. The van der Waals surface area contributed by atoms with Crippen molar-refractivity contribution in [1.29, 1.82) is 0 Å². The number of amides is 1. The Hall–Kier alpha value is -2.51. The zero-order valence-electron chi connectivity index (χ0n) is 14.9. The number of hydrogen-bond acceptors (Lipinski definition) is 5. The summed E-state index contributed by atoms with van der Waals surface area (Å²) >= 11 is 7.18. The second-order valence-electron chi connectivity index (χ2n) is 5.87. The zero-order valence-corrected chi connectivity index (χ0v) is 16.5. The number of rotatable bonds is 7. The molecule has 2 N–H and O–H groups in total. The van der Waals surface area contributed by atoms with Gasteiger partial charge in [0.25, 0.3) is 0 Å². The van der Waals surface area contributed by atoms with E-state index in [-0.39, 0.29) is 11.7 Å². The Labute approximate surface area is 167 Å². The zero-order chi connectivity index (χ0) is 19.2. The van der Waals surface area contributed by atoms with Crippen molar-refractivity contribution in [3.8, 4) is 11.4 Å². The van der Waals surface area contributed by atoms with Crippen LogP contribution in [0.2, 0.25) is 5.02 Å². The quantitative estimate of drug-likeness (QED) is 0.484. The molecule has 0 aliphatic carbocycles. The number of carbonyl (C=O) groups is 1. The third kappa shape index (κ3) is 4.81. The molecule has 1 heterocycles. The standard InChI is InChI=1S/C19H20ClN5OS/c1-2-24(12-14-6-4-3-5-7-14)17(26)13-27-19-23-22-18(25(19)21)15-8-10-16(20)11-9-15/h3-11H,2,12-13,21H2,1H3. The first-order valence-corrected chi connectivity index (χ1v) is 9.85. The van der Waals surface area contributed by atoms with Crippen LogP contribution in [0.3, 0.4) is 0 Å². The molecule has 1 amide bonds. The molecule has 0 aliphatic rings. The van der Waals surface area contributed by atoms with Crippen molar-refractivity contribution in [3.63, 3.8) is 0 Å². The lowest BCUT2D eigenvalue weighted by Crippen LogP contribution is -2.31. The highest BCUT2D eigenvalue weighted by molar-refractivity contribution is 7.99. The van der Waals surface area contributed by atoms with E-state index in [2.05, 4.69) is 10.2 Å². The van der Waals surface area contributed by atoms with E-state index >= 15 is 0 Å². The first-order chi connectivity index (χ1) is 13.1. The highest BCUT2D eigenvalue weighted by Crippen LogP contribution is 2.23. The molecule has 0 aliphatic heterocycles. The molecule has 1 aromatic heterocycles. The molecule has 0 unspecified atom stereocenters. The van der Waals surface area contributed by atoms with Gasteiger partial charge in [0.1, 0.15) is 0 Å². The molecule has 3 rings (SSSR count). The number of nitrogens with zero attached hydrogens (tertiary/aromatic N) is 4. The molecule has 0 fully saturated rings. The van der Waals surface area contributed by atoms with Crippen molar-refractivity contribution in [1.82, 2.24) is 19.8 Å². The number of aromatic nitrogens is 3. The first-order valence-electron chi connectivity index (χ1n) is 8.49. The van der Waals surface area contributed by atoms with Crippen LogP contribution in [0.1, 0.15) is 12.5 Å². The maximum absolute atomic E-state index is 12.6. The number of halogens is 1. The Morgan fingerprint density at radius 3 is 2.52 bits per heavy atom. The SMILES string of the molecule is CCN(Cc1ccccc1)C(=O)CSc1nnc(-c2ccc(Cl)cc2)n1N. The second-order valence-corrected chi connectivity index (χ2v) is 7.24. The van der Waals surface area contributed by atoms with Gasteiger partial charge in [-0.15, -0.1) is 10.2 Å². The summed E-state index contributed by atoms with van der Waals surface area (Å²) < 4.78 is 1.40. The number of thioether (sulfide) groups is 1. The fourth-order valence-electron chi connectivity index (χ4n) is 2.57. The lowest BCUT2D eigenvalue weighted by atomic mass is 10.2. The molecular weight excluding hydrogens is 382 g/mol. The molecule has 3 aromatic rings. The van der Waals surface area contributed by atoms with E-state index in [9.17, 15) is 4.79 Å². The van der Waals surface area contributed by atoms with Gasteiger partial charge in [0.2, 0.25) is 11.1 Å². The van der Waals surface area contributed by atoms with Crippen LogP contribution in [0.5, 0.6) is 0 Å². The smallest absolute Gasteiger partial charge is 0.233 e. The van der Waals surface area contributed by atoms with Crippen LogP contribution in [0.25, 0.3) is 11.4 Å². The van der Waals surface area contributed by atoms with Crippen LogP contribution >= 0.6 is 23.4 Å². The number of benzene rings is 2. The Balaban J connectivity index is 1.64. The number of hydrogen-bond donors (Lipinski definition) is 1. The molecule has 0 saturated carbocycles. The van der Waals surface area contributed by atoms with Gasteiger partial charge in [0.05, 0.1) is 5.75 Å². The van der Waals surface area contributed by atoms with Crippen molar-refractivity contribution in [2.45, 2.75) is 18.6 Å². The lowest BCUT2D eigenvalue weighted by molar-refractivity contribution is -0.128. The van der Waals surface area contributed by atoms with E-state index in [0.29, 0.717) is 29.1 Å². The van der Waals surface area contributed by atoms with Crippen molar-refractivity contribution in [3.05, 3.63) is 65.2 Å². The minimum absolute atomic E-state index is 0.0300. The lowest BCUT2D eigenvalue weighted by Gasteiger charge is -2.20. The molecule has 6 nitrogen and oxygen atoms in total. The number of nitrogen functional groups attached to an aromatic ring is 1. The summed E-state index contributed by atoms with van der Waals surface area (Å²) in [5.74, 6) is 6.91. The van der Waals surface area contributed by atoms with Gasteiger partial charge in [0, 0.05) is 23.7 Å². The summed E-state index contributed by atoms with van der Waals surface area (Å²) in [6.45, 7) is 3.19. The van der Waals surface area contributed by atoms with Crippen molar-refractivity contribution in [2.75, 3.05) is 18.1 Å². The first kappa shape index (κ1) is 19.3. The molecular formula is C19H20ClN5OS. The summed E-state index contributed by atoms with van der Waals surface area (Å²) in [5.41, 5.74) is 1.91. The molecule has 0 saturated heterocycles. The van der Waals surface area contributed by atoms with Crippen LogP contribution in [0, 0.1) is 0 Å². The van der Waals surface area contributed by atoms with Gasteiger partial charge < -0.3 is 10.7 Å². The van der Waals surface area contributed by atoms with Crippen LogP contribution in [0.15, 0.2) is 59.8 Å². The van der Waals surface area contributed by atoms with E-state index in [1.54, 1.807) is 17.0 Å². The maximum atomic E-state index is 12.6. The van der Waals surface area contributed by atoms with E-state index in [1.807, 2.05) is 49.4 Å². The normalized spacial score (nSPS) is 10.7. The Kier molecular flexibility index (Phi) is 6.36. The Morgan fingerprint density at radius 2 is 1.85 bits per heavy atom. The van der Waals surface area contributed by atoms with Crippen molar-refractivity contribution >= 4 is 29.3 Å². The van der Waals surface area contributed by atoms with Crippen LogP contribution in [-0.4, -0.2) is 38.0 Å². The molecule has 0 bridgehead atoms. The predicted octanol–water partition coefficient (Wildman–Crippen LogP) is 3.45. The van der Waals surface area contributed by atoms with Gasteiger partial charge in [-0.2, -0.15) is 0 Å². The molecule has 140 valence electrons. The van der Waals surface area contributed by atoms with Gasteiger partial charge in [-0.1, -0.05) is 53.7 Å². The van der Waals surface area contributed by atoms with Gasteiger partial charge in [0.15, 0.2) is 5.82 Å². The van der Waals surface area contributed by atoms with E-state index < -0.39 is 0 Å². The topological polar surface area (TPSA) is 77.0 Å². The van der Waals surface area contributed by atoms with E-state index in [0.717, 1.165) is 11.1 Å². The summed E-state index contributed by atoms with van der Waals surface area (Å²) in [4.78, 5) is 14.4. The average Bonchev–Trinajstić information content (AvgIpc) is 3.06. The Bertz CT molecular complexity index is 898. The molecule has 27 heavy (non-hydrogen) atoms. The maximum Gasteiger partial charge on any atom is 0.233 e. The summed E-state index contributed by atoms with van der Waals surface area (Å²) in [6.07, 6.45) is 0. The number of carbonyl (C=O) groups excluding carboxylic acids is 1. The minimum atomic E-state index is 0.0300. The fourth-order valence-corrected chi connectivity index (χ4v) is 3.45. The highest BCUT2D eigenvalue weighted by atomic mass is 35.5. The number of nitrogens with two attached hydrogens (primary N) is 1. The summed E-state index contributed by atoms with van der Waals surface area (Å²) in [7, 11) is 0. The second kappa shape index (κ2) is 8.92. The highest BCUT2D eigenvalue weighted by Gasteiger charge is 2.17. The summed E-state index contributed by atoms with van der Waals surface area (Å²) in [6, 6.07) is 17.1. The van der Waals surface area contributed by atoms with Gasteiger partial charge in [-0.25, -0.2) is 4.68 Å². The van der Waals surface area contributed by atoms with E-state index in [4.69, 9.17) is 17.4 Å². The van der Waals surface area contributed by atoms with Gasteiger partial charge in [-0.3, -0.25) is 4.79 Å². The van der Waals surface area contributed by atoms with Gasteiger partial charge >= 0.3 is 0 Å². The molecule has 2 aromatic carbocycles. The van der Waals surface area contributed by atoms with Crippen molar-refractivity contribution < 1.29 is 4.79 Å². The third-order valence-electron chi connectivity index (χ3n) is 4.04. The van der Waals surface area contributed by atoms with Gasteiger partial charge in [-0.05, 0) is 36.8 Å². The fraction of sp³-hybridized carbons (Fsp3) is 0.211. The molecule has 0 spiro atoms. The molecule has 0 radical (unpaired) electrons. The van der Waals surface area contributed by atoms with Crippen LogP contribution in [-0.2, 0) is 11.3 Å². The van der Waals surface area contributed by atoms with Crippen molar-refractivity contribution in [2.24, 2.45) is 0 Å². The van der Waals surface area contributed by atoms with Crippen LogP contribution in [0.4, 0.5) is 0 Å².